The van der Waals surface area contributed by atoms with E-state index in [1.807, 2.05) is 6.92 Å². The Kier molecular flexibility index (Phi) is 4.07. The van der Waals surface area contributed by atoms with Gasteiger partial charge in [-0.05, 0) is 32.6 Å². The Bertz CT molecular complexity index is 350. The van der Waals surface area contributed by atoms with Gasteiger partial charge >= 0.3 is 0 Å². The maximum absolute atomic E-state index is 12.5. The fraction of sp³-hybridized carbons (Fsp3) is 1.00. The molecule has 0 bridgehead atoms. The summed E-state index contributed by atoms with van der Waals surface area (Å²) in [6.45, 7) is 3.83. The van der Waals surface area contributed by atoms with E-state index in [0.717, 1.165) is 32.1 Å². The molecule has 0 spiro atoms. The minimum atomic E-state index is -3.25. The Hall–Kier alpha value is -0.170. The number of rotatable bonds is 2. The Morgan fingerprint density at radius 2 is 1.71 bits per heavy atom. The topological polar surface area (TPSA) is 66.6 Å². The van der Waals surface area contributed by atoms with Crippen LogP contribution in [-0.4, -0.2) is 48.7 Å². The molecule has 0 aliphatic carbocycles. The third-order valence-corrected chi connectivity index (χ3v) is 6.02. The van der Waals surface area contributed by atoms with E-state index in [2.05, 4.69) is 0 Å². The second-order valence-electron chi connectivity index (χ2n) is 5.20. The highest BCUT2D eigenvalue weighted by Gasteiger charge is 2.35. The van der Waals surface area contributed by atoms with Crippen molar-refractivity contribution in [3.8, 4) is 0 Å². The largest absolute Gasteiger partial charge is 0.328 e. The smallest absolute Gasteiger partial charge is 0.282 e. The third kappa shape index (κ3) is 2.81. The molecule has 2 aliphatic heterocycles. The zero-order valence-corrected chi connectivity index (χ0v) is 11.3. The van der Waals surface area contributed by atoms with E-state index < -0.39 is 10.2 Å². The molecular formula is C11H23N3O2S. The molecule has 1 atom stereocenters. The van der Waals surface area contributed by atoms with Gasteiger partial charge in [-0.1, -0.05) is 6.42 Å². The Labute approximate surface area is 104 Å². The van der Waals surface area contributed by atoms with E-state index in [1.54, 1.807) is 8.61 Å². The zero-order chi connectivity index (χ0) is 12.5. The lowest BCUT2D eigenvalue weighted by Crippen LogP contribution is -2.52. The molecule has 2 heterocycles. The van der Waals surface area contributed by atoms with Gasteiger partial charge in [0.1, 0.15) is 0 Å². The summed E-state index contributed by atoms with van der Waals surface area (Å²) in [7, 11) is -3.25. The molecule has 0 aromatic rings. The Morgan fingerprint density at radius 1 is 1.06 bits per heavy atom. The molecular weight excluding hydrogens is 238 g/mol. The lowest BCUT2D eigenvalue weighted by Gasteiger charge is -2.38. The molecule has 0 amide bonds. The van der Waals surface area contributed by atoms with Crippen LogP contribution in [0.4, 0.5) is 0 Å². The first-order valence-electron chi connectivity index (χ1n) is 6.54. The van der Waals surface area contributed by atoms with Gasteiger partial charge in [0.2, 0.25) is 0 Å². The molecule has 2 aliphatic rings. The van der Waals surface area contributed by atoms with Crippen LogP contribution in [0.2, 0.25) is 0 Å². The van der Waals surface area contributed by atoms with Crippen molar-refractivity contribution >= 4 is 10.2 Å². The molecule has 0 aromatic carbocycles. The van der Waals surface area contributed by atoms with Crippen LogP contribution < -0.4 is 5.73 Å². The first-order valence-corrected chi connectivity index (χ1v) is 7.94. The maximum Gasteiger partial charge on any atom is 0.282 e. The van der Waals surface area contributed by atoms with E-state index in [1.165, 1.54) is 0 Å². The van der Waals surface area contributed by atoms with Crippen molar-refractivity contribution in [2.75, 3.05) is 19.6 Å². The van der Waals surface area contributed by atoms with E-state index in [-0.39, 0.29) is 12.1 Å². The van der Waals surface area contributed by atoms with Gasteiger partial charge < -0.3 is 5.73 Å². The van der Waals surface area contributed by atoms with Crippen molar-refractivity contribution in [3.63, 3.8) is 0 Å². The highest BCUT2D eigenvalue weighted by atomic mass is 32.2. The Morgan fingerprint density at radius 3 is 2.29 bits per heavy atom. The van der Waals surface area contributed by atoms with E-state index in [0.29, 0.717) is 19.6 Å². The number of hydrogen-bond acceptors (Lipinski definition) is 3. The summed E-state index contributed by atoms with van der Waals surface area (Å²) in [5, 5.41) is 0. The lowest BCUT2D eigenvalue weighted by molar-refractivity contribution is 0.231. The van der Waals surface area contributed by atoms with Crippen molar-refractivity contribution in [3.05, 3.63) is 0 Å². The quantitative estimate of drug-likeness (QED) is 0.788. The average Bonchev–Trinajstić information content (AvgIpc) is 2.30. The van der Waals surface area contributed by atoms with Crippen LogP contribution in [0.3, 0.4) is 0 Å². The van der Waals surface area contributed by atoms with Crippen LogP contribution in [0.1, 0.15) is 39.0 Å². The molecule has 2 N–H and O–H groups in total. The molecule has 100 valence electrons. The van der Waals surface area contributed by atoms with Gasteiger partial charge in [-0.3, -0.25) is 0 Å². The first kappa shape index (κ1) is 13.3. The van der Waals surface area contributed by atoms with Crippen molar-refractivity contribution in [2.45, 2.75) is 51.1 Å². The van der Waals surface area contributed by atoms with Crippen molar-refractivity contribution in [1.82, 2.24) is 8.61 Å². The van der Waals surface area contributed by atoms with Crippen LogP contribution in [0, 0.1) is 0 Å². The summed E-state index contributed by atoms with van der Waals surface area (Å²) in [6, 6.07) is 0.310. The number of nitrogens with two attached hydrogens (primary N) is 1. The zero-order valence-electron chi connectivity index (χ0n) is 10.5. The average molecular weight is 261 g/mol. The van der Waals surface area contributed by atoms with Crippen LogP contribution in [0.25, 0.3) is 0 Å². The molecule has 2 fully saturated rings. The van der Waals surface area contributed by atoms with Crippen LogP contribution in [0.5, 0.6) is 0 Å². The standard InChI is InChI=1S/C11H23N3O2S/c1-10-4-2-3-7-14(10)17(15,16)13-8-5-11(12)6-9-13/h10-11H,2-9,12H2,1H3. The Balaban J connectivity index is 2.07. The van der Waals surface area contributed by atoms with Gasteiger partial charge in [0.25, 0.3) is 10.2 Å². The summed E-state index contributed by atoms with van der Waals surface area (Å²) in [4.78, 5) is 0. The highest BCUT2D eigenvalue weighted by molar-refractivity contribution is 7.86. The number of nitrogens with zero attached hydrogens (tertiary/aromatic N) is 2. The summed E-state index contributed by atoms with van der Waals surface area (Å²) in [5.41, 5.74) is 5.81. The summed E-state index contributed by atoms with van der Waals surface area (Å²) < 4.78 is 28.2. The van der Waals surface area contributed by atoms with Crippen molar-refractivity contribution < 1.29 is 8.42 Å². The van der Waals surface area contributed by atoms with Gasteiger partial charge in [0.05, 0.1) is 0 Å². The van der Waals surface area contributed by atoms with Crippen molar-refractivity contribution in [1.29, 1.82) is 0 Å². The highest BCUT2D eigenvalue weighted by Crippen LogP contribution is 2.24. The number of hydrogen-bond donors (Lipinski definition) is 1. The normalized spacial score (nSPS) is 30.6. The minimum Gasteiger partial charge on any atom is -0.328 e. The van der Waals surface area contributed by atoms with E-state index in [9.17, 15) is 8.42 Å². The van der Waals surface area contributed by atoms with E-state index in [4.69, 9.17) is 5.73 Å². The second kappa shape index (κ2) is 5.22. The number of piperidine rings is 2. The molecule has 5 nitrogen and oxygen atoms in total. The fourth-order valence-electron chi connectivity index (χ4n) is 2.67. The first-order chi connectivity index (χ1) is 8.01. The fourth-order valence-corrected chi connectivity index (χ4v) is 4.56. The molecule has 1 unspecified atom stereocenters. The predicted molar refractivity (Wildman–Crippen MR) is 67.7 cm³/mol. The second-order valence-corrected chi connectivity index (χ2v) is 7.08. The molecule has 0 aromatic heterocycles. The van der Waals surface area contributed by atoms with Crippen LogP contribution in [0.15, 0.2) is 0 Å². The van der Waals surface area contributed by atoms with Crippen LogP contribution in [-0.2, 0) is 10.2 Å². The molecule has 0 radical (unpaired) electrons. The summed E-state index contributed by atoms with van der Waals surface area (Å²) in [6.07, 6.45) is 4.66. The summed E-state index contributed by atoms with van der Waals surface area (Å²) >= 11 is 0. The third-order valence-electron chi connectivity index (χ3n) is 3.86. The molecule has 17 heavy (non-hydrogen) atoms. The van der Waals surface area contributed by atoms with Gasteiger partial charge in [0.15, 0.2) is 0 Å². The van der Waals surface area contributed by atoms with Gasteiger partial charge in [-0.25, -0.2) is 0 Å². The van der Waals surface area contributed by atoms with E-state index >= 15 is 0 Å². The summed E-state index contributed by atoms with van der Waals surface area (Å²) in [5.74, 6) is 0. The molecule has 2 saturated heterocycles. The SMILES string of the molecule is CC1CCCCN1S(=O)(=O)N1CCC(N)CC1. The predicted octanol–water partition coefficient (Wildman–Crippen LogP) is 0.529. The van der Waals surface area contributed by atoms with Crippen molar-refractivity contribution in [2.24, 2.45) is 5.73 Å². The molecule has 6 heteroatoms. The van der Waals surface area contributed by atoms with Gasteiger partial charge in [-0.2, -0.15) is 17.0 Å². The monoisotopic (exact) mass is 261 g/mol. The lowest BCUT2D eigenvalue weighted by atomic mass is 10.1. The van der Waals surface area contributed by atoms with Gasteiger partial charge in [-0.15, -0.1) is 0 Å². The molecule has 0 saturated carbocycles. The minimum absolute atomic E-state index is 0.143. The van der Waals surface area contributed by atoms with Gasteiger partial charge in [0, 0.05) is 31.7 Å². The van der Waals surface area contributed by atoms with Crippen LogP contribution >= 0.6 is 0 Å². The maximum atomic E-state index is 12.5. The molecule has 2 rings (SSSR count).